The lowest BCUT2D eigenvalue weighted by atomic mass is 9.69. The van der Waals surface area contributed by atoms with E-state index in [1.807, 2.05) is 25.1 Å². The van der Waals surface area contributed by atoms with Gasteiger partial charge in [-0.2, -0.15) is 0 Å². The molecule has 2 aliphatic carbocycles. The third kappa shape index (κ3) is 7.08. The van der Waals surface area contributed by atoms with Crippen molar-refractivity contribution in [2.45, 2.75) is 56.7 Å². The fraction of sp³-hybridized carbons (Fsp3) is 0.513. The van der Waals surface area contributed by atoms with Crippen molar-refractivity contribution in [3.8, 4) is 11.6 Å². The van der Waals surface area contributed by atoms with Gasteiger partial charge in [-0.3, -0.25) is 19.0 Å². The zero-order valence-electron chi connectivity index (χ0n) is 30.3. The van der Waals surface area contributed by atoms with Crippen LogP contribution in [0.25, 0.3) is 0 Å². The van der Waals surface area contributed by atoms with E-state index in [1.165, 1.54) is 29.1 Å². The van der Waals surface area contributed by atoms with Gasteiger partial charge in [0.25, 0.3) is 11.8 Å². The summed E-state index contributed by atoms with van der Waals surface area (Å²) in [6.45, 7) is 4.67. The molecular formula is C39H46ClN5O7S. The number of benzene rings is 2. The van der Waals surface area contributed by atoms with Crippen LogP contribution in [0.5, 0.6) is 11.6 Å². The fourth-order valence-electron chi connectivity index (χ4n) is 8.78. The molecule has 2 bridgehead atoms. The predicted octanol–water partition coefficient (Wildman–Crippen LogP) is 5.52. The maximum Gasteiger partial charge on any atom is 0.286 e. The van der Waals surface area contributed by atoms with Crippen LogP contribution in [0.15, 0.2) is 59.1 Å². The van der Waals surface area contributed by atoms with Crippen LogP contribution < -0.4 is 19.1 Å². The molecule has 1 saturated heterocycles. The standard InChI is InChI=1S/C39H46ClN5O7S/c1-24-21-53(48,43-37(47)30-20-44(2)41-38(30)49-3)42-36(46)27-9-12-33-32(18-27)45(19-28-7-6-25(28)8-13-34-35(24)51-16-15-50-34)22-39(23-52-33)14-4-5-26-17-29(40)10-11-31(26)39/h8-13,17-18,20,24-25,28,34-35H,4-7,14-16,19,21-23H2,1-3H3,(H,42,43,46,47,48)/b13-8+/t24-,25+,28+,34+,35-,39+,53+/m1/s1. The molecule has 0 unspecified atom stereocenters. The molecule has 0 radical (unpaired) electrons. The van der Waals surface area contributed by atoms with Crippen LogP contribution >= 0.6 is 11.6 Å². The molecule has 7 atom stereocenters. The highest BCUT2D eigenvalue weighted by atomic mass is 35.5. The summed E-state index contributed by atoms with van der Waals surface area (Å²) in [6, 6.07) is 11.5. The zero-order chi connectivity index (χ0) is 36.9. The molecule has 3 aromatic rings. The van der Waals surface area contributed by atoms with Crippen molar-refractivity contribution in [1.29, 1.82) is 0 Å². The minimum atomic E-state index is -3.72. The molecule has 14 heteroatoms. The first-order valence-corrected chi connectivity index (χ1v) is 20.5. The van der Waals surface area contributed by atoms with Gasteiger partial charge in [-0.1, -0.05) is 36.7 Å². The molecule has 1 spiro atoms. The number of amides is 2. The number of aryl methyl sites for hydroxylation is 2. The Morgan fingerprint density at radius 1 is 1.13 bits per heavy atom. The molecule has 53 heavy (non-hydrogen) atoms. The molecule has 1 aromatic heterocycles. The van der Waals surface area contributed by atoms with Crippen LogP contribution in [-0.2, 0) is 38.3 Å². The van der Waals surface area contributed by atoms with E-state index in [0.29, 0.717) is 44.0 Å². The monoisotopic (exact) mass is 763 g/mol. The number of fused-ring (bicyclic) bond motifs is 5. The van der Waals surface area contributed by atoms with Crippen molar-refractivity contribution in [2.24, 2.45) is 29.2 Å². The number of nitrogens with zero attached hydrogens (tertiary/aromatic N) is 4. The average molecular weight is 764 g/mol. The number of nitrogens with one attached hydrogen (secondary N) is 1. The topological polar surface area (TPSA) is 134 Å². The predicted molar refractivity (Wildman–Crippen MR) is 201 cm³/mol. The minimum absolute atomic E-state index is 0.0661. The van der Waals surface area contributed by atoms with Gasteiger partial charge >= 0.3 is 0 Å². The average Bonchev–Trinajstić information content (AvgIpc) is 3.45. The lowest BCUT2D eigenvalue weighted by Crippen LogP contribution is -2.48. The Morgan fingerprint density at radius 3 is 2.79 bits per heavy atom. The van der Waals surface area contributed by atoms with Crippen LogP contribution in [0.4, 0.5) is 5.69 Å². The number of aromatic nitrogens is 2. The third-order valence-corrected chi connectivity index (χ3v) is 13.7. The Kier molecular flexibility index (Phi) is 9.80. The van der Waals surface area contributed by atoms with E-state index in [2.05, 4.69) is 43.4 Å². The molecule has 2 amide bonds. The number of carbonyl (C=O) groups excluding carboxylic acids is 2. The number of allylic oxidation sites excluding steroid dienone is 1. The first kappa shape index (κ1) is 36.1. The smallest absolute Gasteiger partial charge is 0.286 e. The molecule has 8 rings (SSSR count). The molecular weight excluding hydrogens is 718 g/mol. The lowest BCUT2D eigenvalue weighted by Gasteiger charge is -2.44. The number of halogens is 1. The number of rotatable bonds is 3. The Balaban J connectivity index is 1.22. The van der Waals surface area contributed by atoms with Gasteiger partial charge in [0.15, 0.2) is 0 Å². The zero-order valence-corrected chi connectivity index (χ0v) is 31.9. The number of hydrogen-bond acceptors (Lipinski definition) is 9. The van der Waals surface area contributed by atoms with Crippen molar-refractivity contribution in [3.63, 3.8) is 0 Å². The molecule has 5 aliphatic rings. The Morgan fingerprint density at radius 2 is 1.98 bits per heavy atom. The Hall–Kier alpha value is -3.91. The Bertz CT molecular complexity index is 2080. The van der Waals surface area contributed by atoms with E-state index in [1.54, 1.807) is 13.1 Å². The molecule has 2 aromatic carbocycles. The summed E-state index contributed by atoms with van der Waals surface area (Å²) in [4.78, 5) is 30.2. The van der Waals surface area contributed by atoms with Crippen LogP contribution in [0.1, 0.15) is 64.4 Å². The summed E-state index contributed by atoms with van der Waals surface area (Å²) < 4.78 is 47.6. The van der Waals surface area contributed by atoms with Crippen molar-refractivity contribution < 1.29 is 32.7 Å². The summed E-state index contributed by atoms with van der Waals surface area (Å²) in [5.41, 5.74) is 3.38. The van der Waals surface area contributed by atoms with Crippen molar-refractivity contribution in [2.75, 3.05) is 50.7 Å². The van der Waals surface area contributed by atoms with Gasteiger partial charge < -0.3 is 23.8 Å². The van der Waals surface area contributed by atoms with Crippen LogP contribution in [0.3, 0.4) is 0 Å². The van der Waals surface area contributed by atoms with Crippen LogP contribution in [-0.4, -0.2) is 83.8 Å². The summed E-state index contributed by atoms with van der Waals surface area (Å²) in [6.07, 6.45) is 10.1. The molecule has 1 saturated carbocycles. The van der Waals surface area contributed by atoms with Gasteiger partial charge in [0.1, 0.15) is 27.3 Å². The van der Waals surface area contributed by atoms with Gasteiger partial charge in [0, 0.05) is 42.3 Å². The second-order valence-corrected chi connectivity index (χ2v) is 17.6. The highest BCUT2D eigenvalue weighted by molar-refractivity contribution is 7.92. The first-order chi connectivity index (χ1) is 25.5. The largest absolute Gasteiger partial charge is 0.490 e. The van der Waals surface area contributed by atoms with E-state index in [4.69, 9.17) is 30.5 Å². The van der Waals surface area contributed by atoms with Crippen LogP contribution in [0, 0.1) is 17.8 Å². The summed E-state index contributed by atoms with van der Waals surface area (Å²) in [5.74, 6) is -0.496. The quantitative estimate of drug-likeness (QED) is 0.342. The molecule has 3 aliphatic heterocycles. The van der Waals surface area contributed by atoms with Gasteiger partial charge in [-0.05, 0) is 91.3 Å². The van der Waals surface area contributed by atoms with Gasteiger partial charge in [0.05, 0.1) is 44.5 Å². The highest BCUT2D eigenvalue weighted by Crippen LogP contribution is 2.46. The lowest BCUT2D eigenvalue weighted by molar-refractivity contribution is -0.136. The third-order valence-electron chi connectivity index (χ3n) is 11.6. The van der Waals surface area contributed by atoms with E-state index in [9.17, 15) is 13.8 Å². The minimum Gasteiger partial charge on any atom is -0.490 e. The van der Waals surface area contributed by atoms with Crippen molar-refractivity contribution in [1.82, 2.24) is 14.5 Å². The second kappa shape index (κ2) is 14.4. The van der Waals surface area contributed by atoms with Gasteiger partial charge in [-0.15, -0.1) is 9.46 Å². The van der Waals surface area contributed by atoms with Gasteiger partial charge in [0.2, 0.25) is 5.88 Å². The number of ether oxygens (including phenoxy) is 4. The summed E-state index contributed by atoms with van der Waals surface area (Å²) in [5, 5.41) is 4.90. The molecule has 2 fully saturated rings. The highest BCUT2D eigenvalue weighted by Gasteiger charge is 2.44. The number of hydrogen-bond donors (Lipinski definition) is 1. The van der Waals surface area contributed by atoms with Gasteiger partial charge in [-0.25, -0.2) is 4.21 Å². The van der Waals surface area contributed by atoms with Crippen LogP contribution in [0.2, 0.25) is 5.02 Å². The number of methoxy groups -OCH3 is 1. The molecule has 12 nitrogen and oxygen atoms in total. The number of carbonyl (C=O) groups is 2. The Labute approximate surface area is 315 Å². The summed E-state index contributed by atoms with van der Waals surface area (Å²) in [7, 11) is -0.670. The maximum absolute atomic E-state index is 14.9. The molecule has 1 N–H and O–H groups in total. The van der Waals surface area contributed by atoms with E-state index in [-0.39, 0.29) is 34.3 Å². The van der Waals surface area contributed by atoms with E-state index in [0.717, 1.165) is 49.4 Å². The van der Waals surface area contributed by atoms with E-state index < -0.39 is 33.8 Å². The normalized spacial score (nSPS) is 31.7. The molecule has 4 heterocycles. The summed E-state index contributed by atoms with van der Waals surface area (Å²) >= 11 is 6.46. The number of anilines is 1. The van der Waals surface area contributed by atoms with E-state index >= 15 is 0 Å². The van der Waals surface area contributed by atoms with Crippen molar-refractivity contribution >= 4 is 39.0 Å². The fourth-order valence-corrected chi connectivity index (χ4v) is 10.9. The second-order valence-electron chi connectivity index (χ2n) is 15.2. The SMILES string of the molecule is COc1nn(C)cc1C(=O)N[S@@]1(=O)=NC(=O)c2ccc3c(c2)N(C[C@@H]2CC[C@H]2/C=C/[C@@H]2OCCO[C@@H]2[C@H](C)C1)C[C@@]1(CCCc2cc(Cl)ccc21)CO3. The maximum atomic E-state index is 14.9. The van der Waals surface area contributed by atoms with Crippen molar-refractivity contribution in [3.05, 3.63) is 82.0 Å². The molecule has 282 valence electrons. The first-order valence-electron chi connectivity index (χ1n) is 18.4.